The number of aliphatic hydroxyl groups excluding tert-OH is 2. The standard InChI is InChI=1S/C15H23NO2.C7H15NO2/c1-11(12-7-5-4-6-8-12)16-13-10-18-15(2,3)9-14(13)17;1-7(2)3-6(9)5(8)4-10-7/h4-8,11,13-14,16-17H,9-10H2,1-3H3;5-6,9H,3-4,8H2,1-2H3/t11-,13+,14+;5-,6-/m10/s1. The third-order valence-corrected chi connectivity index (χ3v) is 5.44. The fraction of sp³-hybridized carbons (Fsp3) is 0.727. The SMILES string of the molecule is CC1(C)C[C@H](O)[C@@H](N)CO1.C[C@@H](N[C@H]1COC(C)(C)C[C@@H]1O)c1ccccc1. The molecule has 2 fully saturated rings. The third-order valence-electron chi connectivity index (χ3n) is 5.44. The summed E-state index contributed by atoms with van der Waals surface area (Å²) in [5.74, 6) is 0. The minimum absolute atomic E-state index is 0.00762. The van der Waals surface area contributed by atoms with Gasteiger partial charge in [-0.15, -0.1) is 0 Å². The molecule has 160 valence electrons. The molecule has 3 rings (SSSR count). The van der Waals surface area contributed by atoms with Gasteiger partial charge < -0.3 is 30.7 Å². The van der Waals surface area contributed by atoms with Gasteiger partial charge in [-0.1, -0.05) is 30.3 Å². The summed E-state index contributed by atoms with van der Waals surface area (Å²) in [6, 6.07) is 10.3. The van der Waals surface area contributed by atoms with Crippen LogP contribution in [0.5, 0.6) is 0 Å². The lowest BCUT2D eigenvalue weighted by Crippen LogP contribution is -2.53. The maximum atomic E-state index is 10.2. The van der Waals surface area contributed by atoms with E-state index in [2.05, 4.69) is 24.4 Å². The van der Waals surface area contributed by atoms with Crippen LogP contribution in [0.3, 0.4) is 0 Å². The summed E-state index contributed by atoms with van der Waals surface area (Å²) < 4.78 is 11.1. The zero-order valence-electron chi connectivity index (χ0n) is 17.9. The normalized spacial score (nSPS) is 32.7. The second kappa shape index (κ2) is 9.65. The molecule has 1 aromatic rings. The lowest BCUT2D eigenvalue weighted by molar-refractivity contribution is -0.115. The molecule has 5 atom stereocenters. The van der Waals surface area contributed by atoms with Gasteiger partial charge in [0.15, 0.2) is 0 Å². The number of nitrogens with one attached hydrogen (secondary N) is 1. The van der Waals surface area contributed by atoms with Crippen LogP contribution in [-0.2, 0) is 9.47 Å². The van der Waals surface area contributed by atoms with Gasteiger partial charge in [0, 0.05) is 18.9 Å². The Bertz CT molecular complexity index is 593. The number of nitrogens with two attached hydrogens (primary N) is 1. The summed E-state index contributed by atoms with van der Waals surface area (Å²) in [5, 5.41) is 22.9. The second-order valence-corrected chi connectivity index (χ2v) is 9.25. The highest BCUT2D eigenvalue weighted by Crippen LogP contribution is 2.26. The van der Waals surface area contributed by atoms with E-state index in [9.17, 15) is 10.2 Å². The highest BCUT2D eigenvalue weighted by molar-refractivity contribution is 5.18. The number of aliphatic hydroxyl groups is 2. The first-order chi connectivity index (χ1) is 13.0. The molecule has 0 amide bonds. The predicted molar refractivity (Wildman–Crippen MR) is 111 cm³/mol. The van der Waals surface area contributed by atoms with E-state index in [1.54, 1.807) is 0 Å². The molecule has 0 radical (unpaired) electrons. The van der Waals surface area contributed by atoms with Gasteiger partial charge in [-0.25, -0.2) is 0 Å². The topological polar surface area (TPSA) is 97.0 Å². The van der Waals surface area contributed by atoms with Gasteiger partial charge in [0.2, 0.25) is 0 Å². The van der Waals surface area contributed by atoms with Crippen molar-refractivity contribution in [2.24, 2.45) is 5.73 Å². The zero-order chi connectivity index (χ0) is 20.9. The molecule has 2 aliphatic heterocycles. The molecule has 2 saturated heterocycles. The van der Waals surface area contributed by atoms with Crippen LogP contribution in [0.2, 0.25) is 0 Å². The van der Waals surface area contributed by atoms with Crippen molar-refractivity contribution in [2.45, 2.75) is 89.0 Å². The van der Waals surface area contributed by atoms with Gasteiger partial charge in [0.05, 0.1) is 48.7 Å². The van der Waals surface area contributed by atoms with E-state index in [-0.39, 0.29) is 35.4 Å². The van der Waals surface area contributed by atoms with Crippen LogP contribution in [0.1, 0.15) is 59.1 Å². The monoisotopic (exact) mass is 394 g/mol. The van der Waals surface area contributed by atoms with Gasteiger partial charge >= 0.3 is 0 Å². The molecule has 0 aliphatic carbocycles. The Morgan fingerprint density at radius 2 is 1.50 bits per heavy atom. The van der Waals surface area contributed by atoms with E-state index < -0.39 is 6.10 Å². The molecule has 0 aromatic heterocycles. The molecular weight excluding hydrogens is 356 g/mol. The highest BCUT2D eigenvalue weighted by atomic mass is 16.5. The van der Waals surface area contributed by atoms with Crippen molar-refractivity contribution in [3.05, 3.63) is 35.9 Å². The molecule has 0 unspecified atom stereocenters. The summed E-state index contributed by atoms with van der Waals surface area (Å²) in [5.41, 5.74) is 6.34. The third kappa shape index (κ3) is 7.10. The Morgan fingerprint density at radius 3 is 2.00 bits per heavy atom. The fourth-order valence-electron chi connectivity index (χ4n) is 3.60. The maximum Gasteiger partial charge on any atom is 0.0743 e. The molecule has 0 spiro atoms. The molecule has 6 heteroatoms. The van der Waals surface area contributed by atoms with E-state index in [0.29, 0.717) is 26.1 Å². The van der Waals surface area contributed by atoms with Gasteiger partial charge in [0.25, 0.3) is 0 Å². The maximum absolute atomic E-state index is 10.2. The summed E-state index contributed by atoms with van der Waals surface area (Å²) in [4.78, 5) is 0. The molecule has 1 aromatic carbocycles. The van der Waals surface area contributed by atoms with E-state index in [1.807, 2.05) is 45.9 Å². The van der Waals surface area contributed by atoms with Gasteiger partial charge in [-0.05, 0) is 40.2 Å². The number of ether oxygens (including phenoxy) is 2. The second-order valence-electron chi connectivity index (χ2n) is 9.25. The van der Waals surface area contributed by atoms with Crippen molar-refractivity contribution in [3.8, 4) is 0 Å². The van der Waals surface area contributed by atoms with Crippen molar-refractivity contribution < 1.29 is 19.7 Å². The van der Waals surface area contributed by atoms with Crippen LogP contribution >= 0.6 is 0 Å². The first-order valence-electron chi connectivity index (χ1n) is 10.2. The van der Waals surface area contributed by atoms with Gasteiger partial charge in [-0.2, -0.15) is 0 Å². The summed E-state index contributed by atoms with van der Waals surface area (Å²) in [6.07, 6.45) is 0.559. The predicted octanol–water partition coefficient (Wildman–Crippen LogP) is 2.14. The van der Waals surface area contributed by atoms with Crippen LogP contribution in [0.15, 0.2) is 30.3 Å². The average Bonchev–Trinajstić information content (AvgIpc) is 2.61. The average molecular weight is 395 g/mol. The van der Waals surface area contributed by atoms with Crippen LogP contribution in [0.25, 0.3) is 0 Å². The minimum Gasteiger partial charge on any atom is -0.391 e. The van der Waals surface area contributed by atoms with Crippen LogP contribution in [0.4, 0.5) is 0 Å². The van der Waals surface area contributed by atoms with E-state index >= 15 is 0 Å². The number of benzene rings is 1. The first-order valence-corrected chi connectivity index (χ1v) is 10.2. The van der Waals surface area contributed by atoms with Crippen LogP contribution < -0.4 is 11.1 Å². The van der Waals surface area contributed by atoms with E-state index in [0.717, 1.165) is 0 Å². The number of hydrogen-bond acceptors (Lipinski definition) is 6. The van der Waals surface area contributed by atoms with Crippen molar-refractivity contribution in [3.63, 3.8) is 0 Å². The van der Waals surface area contributed by atoms with Gasteiger partial charge in [-0.3, -0.25) is 0 Å². The number of rotatable bonds is 3. The minimum atomic E-state index is -0.399. The number of hydrogen-bond donors (Lipinski definition) is 4. The Hall–Kier alpha value is -1.02. The molecule has 2 heterocycles. The molecule has 5 N–H and O–H groups in total. The van der Waals surface area contributed by atoms with Crippen molar-refractivity contribution in [2.75, 3.05) is 13.2 Å². The van der Waals surface area contributed by atoms with Gasteiger partial charge in [0.1, 0.15) is 0 Å². The Labute approximate surface area is 169 Å². The smallest absolute Gasteiger partial charge is 0.0743 e. The van der Waals surface area contributed by atoms with Crippen molar-refractivity contribution in [1.29, 1.82) is 0 Å². The van der Waals surface area contributed by atoms with E-state index in [1.165, 1.54) is 5.56 Å². The Kier molecular flexibility index (Phi) is 8.02. The van der Waals surface area contributed by atoms with Crippen molar-refractivity contribution >= 4 is 0 Å². The Balaban J connectivity index is 0.000000237. The summed E-state index contributed by atoms with van der Waals surface area (Å²) in [6.45, 7) is 11.1. The van der Waals surface area contributed by atoms with E-state index in [4.69, 9.17) is 15.2 Å². The largest absolute Gasteiger partial charge is 0.391 e. The highest BCUT2D eigenvalue weighted by Gasteiger charge is 2.35. The fourth-order valence-corrected chi connectivity index (χ4v) is 3.60. The molecule has 2 aliphatic rings. The molecule has 0 saturated carbocycles. The van der Waals surface area contributed by atoms with Crippen LogP contribution in [-0.4, -0.2) is 58.9 Å². The van der Waals surface area contributed by atoms with Crippen molar-refractivity contribution in [1.82, 2.24) is 5.32 Å². The van der Waals surface area contributed by atoms with Crippen LogP contribution in [0, 0.1) is 0 Å². The quantitative estimate of drug-likeness (QED) is 0.627. The lowest BCUT2D eigenvalue weighted by atomic mass is 9.92. The first kappa shape index (κ1) is 23.3. The molecule has 6 nitrogen and oxygen atoms in total. The molecule has 0 bridgehead atoms. The summed E-state index contributed by atoms with van der Waals surface area (Å²) >= 11 is 0. The summed E-state index contributed by atoms with van der Waals surface area (Å²) in [7, 11) is 0. The zero-order valence-corrected chi connectivity index (χ0v) is 17.9. The Morgan fingerprint density at radius 1 is 0.964 bits per heavy atom. The molecular formula is C22H38N2O4. The lowest BCUT2D eigenvalue weighted by Gasteiger charge is -2.39. The molecule has 28 heavy (non-hydrogen) atoms.